The molecule has 0 aromatic rings. The van der Waals surface area contributed by atoms with E-state index in [4.69, 9.17) is 33.8 Å². The average molecular weight is 340 g/mol. The van der Waals surface area contributed by atoms with Crippen LogP contribution in [-0.4, -0.2) is 24.3 Å². The van der Waals surface area contributed by atoms with Crippen molar-refractivity contribution in [1.29, 1.82) is 0 Å². The maximum atomic E-state index is 9.24. The predicted molar refractivity (Wildman–Crippen MR) is 39.2 cm³/mol. The third-order valence-corrected chi connectivity index (χ3v) is 0.175. The van der Waals surface area contributed by atoms with Gasteiger partial charge in [0.1, 0.15) is 0 Å². The van der Waals surface area contributed by atoms with Crippen LogP contribution in [0.15, 0.2) is 0 Å². The summed E-state index contributed by atoms with van der Waals surface area (Å²) in [5.41, 5.74) is 4.57. The fraction of sp³-hybridized carbons (Fsp3) is 0.667. The monoisotopic (exact) mass is 339 g/mol. The van der Waals surface area contributed by atoms with Gasteiger partial charge in [-0.05, 0) is 6.66 Å². The van der Waals surface area contributed by atoms with Crippen molar-refractivity contribution in [3.8, 4) is 0 Å². The van der Waals surface area contributed by atoms with E-state index >= 15 is 0 Å². The Morgan fingerprint density at radius 1 is 1.47 bits per heavy atom. The summed E-state index contributed by atoms with van der Waals surface area (Å²) in [6.45, 7) is 0.354. The molecule has 0 saturated heterocycles. The minimum atomic E-state index is -4.14. The van der Waals surface area contributed by atoms with E-state index in [1.807, 2.05) is 0 Å². The molecule has 0 aliphatic carbocycles. The zero-order valence-corrected chi connectivity index (χ0v) is 11.9. The zero-order chi connectivity index (χ0) is 12.4. The summed E-state index contributed by atoms with van der Waals surface area (Å²) in [5.74, 6) is -0.968. The summed E-state index contributed by atoms with van der Waals surface area (Å²) in [6.07, 6.45) is 0. The van der Waals surface area contributed by atoms with Crippen molar-refractivity contribution in [1.82, 2.24) is 0 Å². The molecule has 0 bridgehead atoms. The van der Waals surface area contributed by atoms with E-state index in [9.17, 15) is 4.79 Å². The quantitative estimate of drug-likeness (QED) is 0.444. The van der Waals surface area contributed by atoms with E-state index in [0.717, 1.165) is 0 Å². The van der Waals surface area contributed by atoms with Gasteiger partial charge in [-0.2, -0.15) is 0 Å². The largest absolute Gasteiger partial charge is 4.00 e. The Morgan fingerprint density at radius 3 is 1.53 bits per heavy atom. The Bertz CT molecular complexity index is 204. The molecule has 0 rings (SSSR count). The van der Waals surface area contributed by atoms with Crippen LogP contribution in [0.3, 0.4) is 0 Å². The first-order valence-corrected chi connectivity index (χ1v) is 6.01. The Balaban J connectivity index is -0.0000000590. The molecule has 0 spiro atoms. The van der Waals surface area contributed by atoms with Gasteiger partial charge in [-0.1, -0.05) is 15.9 Å². The molecule has 0 atom stereocenters. The SMILES string of the molecule is CP(=O)([O-])[O-].NCC(=O)O.O=[PH]([O-])[O-].[Zr+4]. The van der Waals surface area contributed by atoms with Crippen molar-refractivity contribution < 1.29 is 64.8 Å². The predicted octanol–water partition coefficient (Wildman–Crippen LogP) is -4.35. The van der Waals surface area contributed by atoms with Gasteiger partial charge < -0.3 is 39.5 Å². The first-order valence-electron chi connectivity index (χ1n) is 2.80. The summed E-state index contributed by atoms with van der Waals surface area (Å²) < 4.78 is 17.6. The van der Waals surface area contributed by atoms with E-state index in [1.165, 1.54) is 0 Å². The van der Waals surface area contributed by atoms with Gasteiger partial charge in [-0.15, -0.1) is 0 Å². The van der Waals surface area contributed by atoms with Gasteiger partial charge in [-0.3, -0.25) is 4.79 Å². The number of carboxylic acids is 1. The number of hydrogen-bond acceptors (Lipinski definition) is 8. The van der Waals surface area contributed by atoms with E-state index in [1.54, 1.807) is 0 Å². The van der Waals surface area contributed by atoms with Gasteiger partial charge in [0.15, 0.2) is 0 Å². The van der Waals surface area contributed by atoms with Crippen LogP contribution >= 0.6 is 15.9 Å². The topological polar surface area (TPSA) is 190 Å². The van der Waals surface area contributed by atoms with Gasteiger partial charge in [0.2, 0.25) is 0 Å². The molecule has 0 aliphatic rings. The van der Waals surface area contributed by atoms with Crippen LogP contribution in [0.5, 0.6) is 0 Å². The summed E-state index contributed by atoms with van der Waals surface area (Å²) >= 11 is 0. The number of hydrogen-bond donors (Lipinski definition) is 2. The van der Waals surface area contributed by atoms with Crippen molar-refractivity contribution in [2.45, 2.75) is 0 Å². The standard InChI is InChI=1S/C2H5NO2.CH5O3P.H3O3P.Zr/c3-1-2(4)5;1-5(2,3)4;1-4(2)3;/h1,3H2,(H,4,5);1H3,(H2,2,3,4);4H,(H2,1,2,3);/q;;;+4/p-4. The van der Waals surface area contributed by atoms with Crippen LogP contribution in [0.1, 0.15) is 0 Å². The van der Waals surface area contributed by atoms with Crippen molar-refractivity contribution >= 4 is 21.8 Å². The molecule has 0 fully saturated rings. The van der Waals surface area contributed by atoms with Crippen molar-refractivity contribution in [2.24, 2.45) is 5.73 Å². The Hall–Kier alpha value is 0.613. The maximum absolute atomic E-state index is 9.24. The molecular formula is C3H9NO8P2Zr. The second-order valence-electron chi connectivity index (χ2n) is 1.62. The van der Waals surface area contributed by atoms with E-state index in [0.29, 0.717) is 6.66 Å². The minimum Gasteiger partial charge on any atom is -0.813 e. The Morgan fingerprint density at radius 2 is 1.53 bits per heavy atom. The molecule has 0 heterocycles. The van der Waals surface area contributed by atoms with Crippen LogP contribution < -0.4 is 25.3 Å². The molecule has 12 heteroatoms. The van der Waals surface area contributed by atoms with Gasteiger partial charge in [0.05, 0.1) is 6.54 Å². The summed E-state index contributed by atoms with van der Waals surface area (Å²) in [7, 11) is -7.77. The van der Waals surface area contributed by atoms with Crippen molar-refractivity contribution in [3.05, 3.63) is 0 Å². The molecule has 0 saturated carbocycles. The molecule has 3 N–H and O–H groups in total. The van der Waals surface area contributed by atoms with Gasteiger partial charge in [0, 0.05) is 0 Å². The van der Waals surface area contributed by atoms with Gasteiger partial charge in [-0.25, -0.2) is 0 Å². The van der Waals surface area contributed by atoms with Crippen molar-refractivity contribution in [3.63, 3.8) is 0 Å². The summed E-state index contributed by atoms with van der Waals surface area (Å²) in [6, 6.07) is 0. The normalized spacial score (nSPS) is 8.73. The van der Waals surface area contributed by atoms with Gasteiger partial charge in [0.25, 0.3) is 0 Å². The second kappa shape index (κ2) is 14.6. The molecule has 0 unspecified atom stereocenters. The molecule has 9 nitrogen and oxygen atoms in total. The zero-order valence-electron chi connectivity index (χ0n) is 7.54. The number of nitrogens with two attached hydrogens (primary N) is 1. The first-order chi connectivity index (χ1) is 6.00. The Labute approximate surface area is 106 Å². The number of carbonyl (C=O) groups is 1. The van der Waals surface area contributed by atoms with Crippen LogP contribution in [0, 0.1) is 0 Å². The molecular weight excluding hydrogens is 331 g/mol. The third kappa shape index (κ3) is 340. The number of carboxylic acid groups (broad SMARTS) is 1. The van der Waals surface area contributed by atoms with E-state index < -0.39 is 21.8 Å². The van der Waals surface area contributed by atoms with Crippen LogP contribution in [0.4, 0.5) is 0 Å². The summed E-state index contributed by atoms with van der Waals surface area (Å²) in [5, 5.41) is 7.60. The fourth-order valence-corrected chi connectivity index (χ4v) is 0. The van der Waals surface area contributed by atoms with Gasteiger partial charge >= 0.3 is 32.2 Å². The molecule has 0 radical (unpaired) electrons. The smallest absolute Gasteiger partial charge is 0.813 e. The van der Waals surface area contributed by atoms with Crippen molar-refractivity contribution in [2.75, 3.05) is 13.2 Å². The maximum Gasteiger partial charge on any atom is 4.00 e. The van der Waals surface area contributed by atoms with Crippen LogP contribution in [0.2, 0.25) is 0 Å². The van der Waals surface area contributed by atoms with Crippen LogP contribution in [-0.2, 0) is 40.1 Å². The first kappa shape index (κ1) is 24.7. The third-order valence-electron chi connectivity index (χ3n) is 0.175. The van der Waals surface area contributed by atoms with E-state index in [2.05, 4.69) is 5.73 Å². The Kier molecular flexibility index (Phi) is 24.1. The molecule has 0 aliphatic heterocycles. The molecule has 88 valence electrons. The molecule has 0 amide bonds. The van der Waals surface area contributed by atoms with Crippen LogP contribution in [0.25, 0.3) is 0 Å². The second-order valence-corrected chi connectivity index (χ2v) is 3.66. The number of aliphatic carboxylic acids is 1. The number of rotatable bonds is 1. The average Bonchev–Trinajstić information content (AvgIpc) is 1.82. The summed E-state index contributed by atoms with van der Waals surface area (Å²) in [4.78, 5) is 44.5. The molecule has 15 heavy (non-hydrogen) atoms. The molecule has 0 aromatic carbocycles. The molecule has 0 aromatic heterocycles. The van der Waals surface area contributed by atoms with E-state index in [-0.39, 0.29) is 32.7 Å². The minimum absolute atomic E-state index is 0. The fourth-order valence-electron chi connectivity index (χ4n) is 0.